The van der Waals surface area contributed by atoms with Gasteiger partial charge in [-0.2, -0.15) is 0 Å². The van der Waals surface area contributed by atoms with Gasteiger partial charge in [-0.1, -0.05) is 0 Å². The van der Waals surface area contributed by atoms with Gasteiger partial charge < -0.3 is 4.74 Å². The second-order valence-corrected chi connectivity index (χ2v) is 4.77. The van der Waals surface area contributed by atoms with Crippen LogP contribution >= 0.6 is 7.81 Å². The molecule has 0 aromatic carbocycles. The average Bonchev–Trinajstić information content (AvgIpc) is 1.91. The van der Waals surface area contributed by atoms with Gasteiger partial charge in [-0.15, -0.1) is 0 Å². The Bertz CT molecular complexity index is 251. The molecular formula is C7H14F6NOP. The van der Waals surface area contributed by atoms with Crippen molar-refractivity contribution in [3.05, 3.63) is 12.3 Å². The number of halogens is 6. The molecule has 0 saturated heterocycles. The van der Waals surface area contributed by atoms with Crippen LogP contribution in [0, 0.1) is 0 Å². The maximum atomic E-state index is 9.87. The summed E-state index contributed by atoms with van der Waals surface area (Å²) in [6.45, 7) is 2.69. The quantitative estimate of drug-likeness (QED) is 0.246. The Morgan fingerprint density at radius 3 is 1.69 bits per heavy atom. The predicted molar refractivity (Wildman–Crippen MR) is 52.5 cm³/mol. The van der Waals surface area contributed by atoms with E-state index in [4.69, 9.17) is 4.74 Å². The zero-order chi connectivity index (χ0) is 13.5. The van der Waals surface area contributed by atoms with Crippen molar-refractivity contribution in [3.8, 4) is 0 Å². The summed E-state index contributed by atoms with van der Waals surface area (Å²) in [5.41, 5.74) is 0. The molecule has 0 N–H and O–H groups in total. The van der Waals surface area contributed by atoms with Gasteiger partial charge in [0, 0.05) is 6.08 Å². The fourth-order valence-electron chi connectivity index (χ4n) is 0.359. The van der Waals surface area contributed by atoms with Crippen molar-refractivity contribution >= 4 is 14.0 Å². The molecule has 0 aliphatic rings. The number of rotatable bonds is 3. The van der Waals surface area contributed by atoms with Gasteiger partial charge in [0.05, 0.1) is 12.9 Å². The van der Waals surface area contributed by atoms with Crippen LogP contribution in [0.5, 0.6) is 0 Å². The number of nitrogens with zero attached hydrogens (tertiary/aromatic N) is 1. The summed E-state index contributed by atoms with van der Waals surface area (Å²) in [5, 5.41) is 0. The normalized spacial score (nSPS) is 15.6. The molecular weight excluding hydrogens is 259 g/mol. The Morgan fingerprint density at radius 2 is 1.44 bits per heavy atom. The summed E-state index contributed by atoms with van der Waals surface area (Å²) in [7, 11) is -6.72. The van der Waals surface area contributed by atoms with Crippen molar-refractivity contribution in [3.63, 3.8) is 0 Å². The molecule has 0 amide bonds. The number of hydrogen-bond donors (Lipinski definition) is 0. The van der Waals surface area contributed by atoms with E-state index in [1.165, 1.54) is 0 Å². The Labute approximate surface area is 89.4 Å². The molecule has 0 spiro atoms. The molecule has 0 aromatic rings. The Balaban J connectivity index is 0. The Morgan fingerprint density at radius 1 is 1.06 bits per heavy atom. The van der Waals surface area contributed by atoms with Crippen molar-refractivity contribution in [2.24, 2.45) is 0 Å². The topological polar surface area (TPSA) is 12.2 Å². The standard InChI is InChI=1S/C7H14NO.F6P/c1-4-9-7-5-6-8(2)3;1-7(2,3,4,5)6/h5-7H,4H2,1-3H3;/q+1;-1. The van der Waals surface area contributed by atoms with Crippen LogP contribution in [-0.4, -0.2) is 31.5 Å². The minimum atomic E-state index is -10.7. The summed E-state index contributed by atoms with van der Waals surface area (Å²) < 4.78 is 66.1. The van der Waals surface area contributed by atoms with Crippen molar-refractivity contribution in [1.82, 2.24) is 0 Å². The van der Waals surface area contributed by atoms with E-state index in [9.17, 15) is 25.2 Å². The number of hydrogen-bond acceptors (Lipinski definition) is 1. The van der Waals surface area contributed by atoms with Gasteiger partial charge in [-0.25, -0.2) is 4.58 Å². The van der Waals surface area contributed by atoms with E-state index in [0.717, 1.165) is 6.61 Å². The summed E-state index contributed by atoms with van der Waals surface area (Å²) in [6, 6.07) is 0. The molecule has 0 aliphatic carbocycles. The van der Waals surface area contributed by atoms with Gasteiger partial charge in [-0.3, -0.25) is 0 Å². The summed E-state index contributed by atoms with van der Waals surface area (Å²) in [6.07, 6.45) is 5.47. The molecule has 0 aliphatic heterocycles. The van der Waals surface area contributed by atoms with Crippen LogP contribution in [0.2, 0.25) is 0 Å². The minimum absolute atomic E-state index is 0.734. The third kappa shape index (κ3) is 72.4. The molecule has 0 fully saturated rings. The first-order valence-electron chi connectivity index (χ1n) is 4.06. The molecule has 0 saturated carbocycles. The van der Waals surface area contributed by atoms with E-state index in [2.05, 4.69) is 0 Å². The summed E-state index contributed by atoms with van der Waals surface area (Å²) in [4.78, 5) is 0. The van der Waals surface area contributed by atoms with Crippen LogP contribution in [0.3, 0.4) is 0 Å². The predicted octanol–water partition coefficient (Wildman–Crippen LogP) is 4.26. The van der Waals surface area contributed by atoms with Crippen LogP contribution in [0.15, 0.2) is 12.3 Å². The van der Waals surface area contributed by atoms with Gasteiger partial charge in [0.1, 0.15) is 14.1 Å². The SMILES string of the molecule is CCOC=CC=[N+](C)C.F[P-](F)(F)(F)(F)F. The Hall–Kier alpha value is -0.780. The molecule has 9 heteroatoms. The number of allylic oxidation sites excluding steroid dienone is 1. The van der Waals surface area contributed by atoms with Gasteiger partial charge in [-0.05, 0) is 6.92 Å². The van der Waals surface area contributed by atoms with Crippen molar-refractivity contribution in [2.75, 3.05) is 20.7 Å². The van der Waals surface area contributed by atoms with E-state index in [1.54, 1.807) is 6.26 Å². The van der Waals surface area contributed by atoms with Gasteiger partial charge in [0.15, 0.2) is 6.21 Å². The zero-order valence-corrected chi connectivity index (χ0v) is 9.90. The van der Waals surface area contributed by atoms with E-state index in [1.807, 2.05) is 37.9 Å². The van der Waals surface area contributed by atoms with Crippen molar-refractivity contribution < 1.29 is 34.5 Å². The van der Waals surface area contributed by atoms with E-state index < -0.39 is 7.81 Å². The first-order valence-corrected chi connectivity index (χ1v) is 6.09. The Kier molecular flexibility index (Phi) is 5.54. The van der Waals surface area contributed by atoms with Crippen molar-refractivity contribution in [1.29, 1.82) is 0 Å². The third-order valence-electron chi connectivity index (χ3n) is 0.726. The van der Waals surface area contributed by atoms with Crippen LogP contribution in [-0.2, 0) is 4.74 Å². The van der Waals surface area contributed by atoms with Gasteiger partial charge in [0.2, 0.25) is 0 Å². The second kappa shape index (κ2) is 5.03. The fraction of sp³-hybridized carbons (Fsp3) is 0.571. The molecule has 0 unspecified atom stereocenters. The average molecular weight is 273 g/mol. The van der Waals surface area contributed by atoms with Crippen LogP contribution in [0.25, 0.3) is 0 Å². The molecule has 2 nitrogen and oxygen atoms in total. The molecule has 0 aromatic heterocycles. The molecule has 16 heavy (non-hydrogen) atoms. The van der Waals surface area contributed by atoms with E-state index >= 15 is 0 Å². The molecule has 0 radical (unpaired) electrons. The molecule has 0 bridgehead atoms. The maximum absolute atomic E-state index is 10.7. The van der Waals surface area contributed by atoms with Gasteiger partial charge >= 0.3 is 33.0 Å². The monoisotopic (exact) mass is 273 g/mol. The molecule has 100 valence electrons. The van der Waals surface area contributed by atoms with Crippen LogP contribution in [0.4, 0.5) is 25.2 Å². The number of ether oxygens (including phenoxy) is 1. The molecule has 0 rings (SSSR count). The van der Waals surface area contributed by atoms with Crippen LogP contribution in [0.1, 0.15) is 6.92 Å². The third-order valence-corrected chi connectivity index (χ3v) is 0.726. The van der Waals surface area contributed by atoms with E-state index in [0.29, 0.717) is 0 Å². The zero-order valence-electron chi connectivity index (χ0n) is 9.01. The first kappa shape index (κ1) is 17.6. The van der Waals surface area contributed by atoms with Crippen LogP contribution < -0.4 is 0 Å². The van der Waals surface area contributed by atoms with Crippen molar-refractivity contribution in [2.45, 2.75) is 6.92 Å². The molecule has 0 atom stereocenters. The van der Waals surface area contributed by atoms with Gasteiger partial charge in [0.25, 0.3) is 0 Å². The second-order valence-electron chi connectivity index (χ2n) is 2.85. The molecule has 0 heterocycles. The summed E-state index contributed by atoms with van der Waals surface area (Å²) in [5.74, 6) is 0. The fourth-order valence-corrected chi connectivity index (χ4v) is 0.359. The first-order chi connectivity index (χ1) is 6.72. The summed E-state index contributed by atoms with van der Waals surface area (Å²) >= 11 is 0. The van der Waals surface area contributed by atoms with E-state index in [-0.39, 0.29) is 0 Å².